The molecule has 1 N–H and O–H groups in total. The first kappa shape index (κ1) is 16.3. The second-order valence-corrected chi connectivity index (χ2v) is 7.13. The molecule has 6 heteroatoms. The topological polar surface area (TPSA) is 68.1 Å². The number of rotatable bonds is 3. The van der Waals surface area contributed by atoms with Crippen molar-refractivity contribution >= 4 is 23.1 Å². The van der Waals surface area contributed by atoms with Gasteiger partial charge in [-0.2, -0.15) is 10.4 Å². The van der Waals surface area contributed by atoms with Gasteiger partial charge in [-0.25, -0.2) is 4.99 Å². The van der Waals surface area contributed by atoms with Crippen LogP contribution in [0.5, 0.6) is 0 Å². The predicted molar refractivity (Wildman–Crippen MR) is 98.4 cm³/mol. The van der Waals surface area contributed by atoms with Gasteiger partial charge in [-0.1, -0.05) is 36.2 Å². The molecule has 5 nitrogen and oxygen atoms in total. The van der Waals surface area contributed by atoms with Gasteiger partial charge in [0, 0.05) is 23.0 Å². The van der Waals surface area contributed by atoms with E-state index < -0.39 is 0 Å². The molecule has 0 aliphatic carbocycles. The summed E-state index contributed by atoms with van der Waals surface area (Å²) in [4.78, 5) is 7.15. The summed E-state index contributed by atoms with van der Waals surface area (Å²) in [6, 6.07) is 10.2. The van der Waals surface area contributed by atoms with Crippen LogP contribution < -0.4 is 0 Å². The maximum Gasteiger partial charge on any atom is 0.151 e. The van der Waals surface area contributed by atoms with Gasteiger partial charge in [0.15, 0.2) is 5.82 Å². The Balaban J connectivity index is 1.74. The third-order valence-corrected chi connectivity index (χ3v) is 5.49. The first-order valence-corrected chi connectivity index (χ1v) is 9.13. The highest BCUT2D eigenvalue weighted by molar-refractivity contribution is 6.31. The summed E-state index contributed by atoms with van der Waals surface area (Å²) in [6.07, 6.45) is 5.49. The Hall–Kier alpha value is -2.16. The minimum absolute atomic E-state index is 0.134. The molecule has 1 saturated heterocycles. The summed E-state index contributed by atoms with van der Waals surface area (Å²) in [5, 5.41) is 17.8. The van der Waals surface area contributed by atoms with E-state index in [-0.39, 0.29) is 11.8 Å². The van der Waals surface area contributed by atoms with Crippen LogP contribution in [0.25, 0.3) is 0 Å². The number of benzene rings is 1. The third-order valence-electron chi connectivity index (χ3n) is 5.14. The number of aliphatic imine (C=N–C) groups is 1. The van der Waals surface area contributed by atoms with Crippen LogP contribution in [0.3, 0.4) is 0 Å². The van der Waals surface area contributed by atoms with E-state index in [4.69, 9.17) is 16.6 Å². The van der Waals surface area contributed by atoms with Gasteiger partial charge in [0.1, 0.15) is 0 Å². The van der Waals surface area contributed by atoms with Crippen LogP contribution in [0.15, 0.2) is 35.5 Å². The van der Waals surface area contributed by atoms with Crippen molar-refractivity contribution < 1.29 is 0 Å². The van der Waals surface area contributed by atoms with Crippen molar-refractivity contribution in [1.82, 2.24) is 15.1 Å². The Morgan fingerprint density at radius 2 is 2.00 bits per heavy atom. The van der Waals surface area contributed by atoms with Gasteiger partial charge in [0.25, 0.3) is 0 Å². The number of hydrogen-bond donors (Lipinski definition) is 1. The third kappa shape index (κ3) is 3.08. The summed E-state index contributed by atoms with van der Waals surface area (Å²) in [5.74, 6) is 0.292. The van der Waals surface area contributed by atoms with Gasteiger partial charge in [0.05, 0.1) is 23.9 Å². The minimum atomic E-state index is -0.327. The number of H-pyrrole nitrogens is 1. The molecule has 1 fully saturated rings. The number of halogens is 1. The van der Waals surface area contributed by atoms with E-state index >= 15 is 0 Å². The van der Waals surface area contributed by atoms with Gasteiger partial charge in [-0.15, -0.1) is 0 Å². The molecule has 1 aromatic carbocycles. The van der Waals surface area contributed by atoms with Crippen LogP contribution in [0.4, 0.5) is 5.82 Å². The summed E-state index contributed by atoms with van der Waals surface area (Å²) < 4.78 is 0. The Kier molecular flexibility index (Phi) is 4.56. The summed E-state index contributed by atoms with van der Waals surface area (Å²) >= 11 is 6.46. The zero-order valence-electron chi connectivity index (χ0n) is 14.0. The zero-order valence-corrected chi connectivity index (χ0v) is 14.7. The van der Waals surface area contributed by atoms with Crippen LogP contribution in [0.1, 0.15) is 36.3 Å². The number of nitrogens with one attached hydrogen (secondary N) is 1. The first-order chi connectivity index (χ1) is 12.3. The van der Waals surface area contributed by atoms with Gasteiger partial charge in [0.2, 0.25) is 0 Å². The predicted octanol–water partition coefficient (Wildman–Crippen LogP) is 3.91. The molecule has 0 saturated carbocycles. The van der Waals surface area contributed by atoms with Crippen LogP contribution >= 0.6 is 11.6 Å². The lowest BCUT2D eigenvalue weighted by Crippen LogP contribution is -2.39. The quantitative estimate of drug-likeness (QED) is 0.909. The Labute approximate surface area is 152 Å². The molecule has 128 valence electrons. The lowest BCUT2D eigenvalue weighted by Gasteiger charge is -2.32. The molecule has 0 spiro atoms. The van der Waals surface area contributed by atoms with Crippen LogP contribution in [0.2, 0.25) is 5.02 Å². The Bertz CT molecular complexity index is 828. The monoisotopic (exact) mass is 353 g/mol. The molecule has 0 radical (unpaired) electrons. The largest absolute Gasteiger partial charge is 0.298 e. The summed E-state index contributed by atoms with van der Waals surface area (Å²) in [6.45, 7) is 2.88. The van der Waals surface area contributed by atoms with Crippen molar-refractivity contribution in [2.24, 2.45) is 10.9 Å². The standard InChI is InChI=1S/C19H20ClN5/c20-16-7-3-2-6-13(16)18-14(10-21)17(12-25-8-4-1-5-9-25)23-19-15(18)11-22-24-19/h2-3,6-7,11,14,18H,1,4-5,8-9,12H2,(H,22,24). The molecule has 4 rings (SSSR count). The lowest BCUT2D eigenvalue weighted by molar-refractivity contribution is 0.256. The average Bonchev–Trinajstić information content (AvgIpc) is 3.10. The molecule has 2 aliphatic heterocycles. The van der Waals surface area contributed by atoms with Crippen molar-refractivity contribution in [2.75, 3.05) is 19.6 Å². The van der Waals surface area contributed by atoms with E-state index in [2.05, 4.69) is 21.2 Å². The fourth-order valence-corrected chi connectivity index (χ4v) is 4.15. The van der Waals surface area contributed by atoms with E-state index in [0.29, 0.717) is 5.02 Å². The van der Waals surface area contributed by atoms with E-state index in [1.54, 1.807) is 6.20 Å². The van der Waals surface area contributed by atoms with Gasteiger partial charge < -0.3 is 0 Å². The van der Waals surface area contributed by atoms with E-state index in [1.807, 2.05) is 24.3 Å². The van der Waals surface area contributed by atoms with E-state index in [0.717, 1.165) is 42.3 Å². The van der Waals surface area contributed by atoms with E-state index in [9.17, 15) is 5.26 Å². The first-order valence-electron chi connectivity index (χ1n) is 8.75. The minimum Gasteiger partial charge on any atom is -0.298 e. The number of hydrogen-bond acceptors (Lipinski definition) is 4. The van der Waals surface area contributed by atoms with Gasteiger partial charge in [-0.05, 0) is 37.6 Å². The van der Waals surface area contributed by atoms with Crippen molar-refractivity contribution in [2.45, 2.75) is 25.2 Å². The molecule has 2 aromatic rings. The van der Waals surface area contributed by atoms with Crippen molar-refractivity contribution in [3.05, 3.63) is 46.6 Å². The number of nitriles is 1. The van der Waals surface area contributed by atoms with Crippen molar-refractivity contribution in [3.63, 3.8) is 0 Å². The van der Waals surface area contributed by atoms with Crippen molar-refractivity contribution in [1.29, 1.82) is 5.26 Å². The molecule has 1 aromatic heterocycles. The highest BCUT2D eigenvalue weighted by Crippen LogP contribution is 2.43. The summed E-state index contributed by atoms with van der Waals surface area (Å²) in [5.41, 5.74) is 2.82. The SMILES string of the molecule is N#CC1C(CN2CCCCC2)=Nc2[nH]ncc2C1c1ccccc1Cl. The zero-order chi connectivity index (χ0) is 17.2. The molecule has 0 bridgehead atoms. The molecule has 0 amide bonds. The maximum atomic E-state index is 9.95. The number of aromatic nitrogens is 2. The molecule has 25 heavy (non-hydrogen) atoms. The fourth-order valence-electron chi connectivity index (χ4n) is 3.89. The van der Waals surface area contributed by atoms with Gasteiger partial charge >= 0.3 is 0 Å². The molecular weight excluding hydrogens is 334 g/mol. The van der Waals surface area contributed by atoms with Gasteiger partial charge in [-0.3, -0.25) is 10.00 Å². The summed E-state index contributed by atoms with van der Waals surface area (Å²) in [7, 11) is 0. The van der Waals surface area contributed by atoms with Crippen molar-refractivity contribution in [3.8, 4) is 6.07 Å². The molecule has 2 aliphatic rings. The Morgan fingerprint density at radius 3 is 2.76 bits per heavy atom. The fraction of sp³-hybridized carbons (Fsp3) is 0.421. The normalized spacial score (nSPS) is 23.6. The second-order valence-electron chi connectivity index (χ2n) is 6.72. The Morgan fingerprint density at radius 1 is 1.20 bits per heavy atom. The molecule has 2 atom stereocenters. The lowest BCUT2D eigenvalue weighted by atomic mass is 9.77. The number of aromatic amines is 1. The molecule has 3 heterocycles. The average molecular weight is 354 g/mol. The number of nitrogens with zero attached hydrogens (tertiary/aromatic N) is 4. The second kappa shape index (κ2) is 6.99. The van der Waals surface area contributed by atoms with Crippen LogP contribution in [-0.4, -0.2) is 40.4 Å². The highest BCUT2D eigenvalue weighted by atomic mass is 35.5. The smallest absolute Gasteiger partial charge is 0.151 e. The number of likely N-dealkylation sites (tertiary alicyclic amines) is 1. The maximum absolute atomic E-state index is 9.95. The number of fused-ring (bicyclic) bond motifs is 1. The number of piperidine rings is 1. The van der Waals surface area contributed by atoms with E-state index in [1.165, 1.54) is 19.3 Å². The molecular formula is C19H20ClN5. The van der Waals surface area contributed by atoms with Crippen LogP contribution in [-0.2, 0) is 0 Å². The highest BCUT2D eigenvalue weighted by Gasteiger charge is 2.37. The van der Waals surface area contributed by atoms with Crippen LogP contribution in [0, 0.1) is 17.2 Å². The molecule has 2 unspecified atom stereocenters.